The van der Waals surface area contributed by atoms with Gasteiger partial charge in [-0.2, -0.15) is 0 Å². The minimum atomic E-state index is -0.552. The quantitative estimate of drug-likeness (QED) is 0.695. The number of ether oxygens (including phenoxy) is 1. The number of nitrogens with two attached hydrogens (primary N) is 1. The normalized spacial score (nSPS) is 18.0. The average Bonchev–Trinajstić information content (AvgIpc) is 2.47. The number of hydrogen-bond donors (Lipinski definition) is 1. The molecule has 4 heteroatoms. The topological polar surface area (TPSA) is 65.5 Å². The first-order valence-electron chi connectivity index (χ1n) is 5.00. The average molecular weight is 219 g/mol. The number of esters is 1. The van der Waals surface area contributed by atoms with Crippen LogP contribution in [-0.4, -0.2) is 13.1 Å². The molecule has 2 N–H and O–H groups in total. The molecule has 0 radical (unpaired) electrons. The molecule has 84 valence electrons. The van der Waals surface area contributed by atoms with Crippen LogP contribution in [0.15, 0.2) is 16.6 Å². The van der Waals surface area contributed by atoms with Crippen molar-refractivity contribution >= 4 is 23.8 Å². The standard InChI is InChI=1S/C12H13NO3/c1-7-4-3-5-8-9(6-7)16-11(10(8)13)12(14)15-2/h3-7H,13H2,1-2H3. The van der Waals surface area contributed by atoms with Crippen molar-refractivity contribution in [2.24, 2.45) is 5.92 Å². The van der Waals surface area contributed by atoms with Gasteiger partial charge in [0.2, 0.25) is 5.76 Å². The Bertz CT molecular complexity index is 566. The summed E-state index contributed by atoms with van der Waals surface area (Å²) >= 11 is 0. The summed E-state index contributed by atoms with van der Waals surface area (Å²) in [6.45, 7) is 2.02. The van der Waals surface area contributed by atoms with Gasteiger partial charge in [-0.05, 0) is 18.1 Å². The van der Waals surface area contributed by atoms with Crippen molar-refractivity contribution in [2.45, 2.75) is 6.92 Å². The van der Waals surface area contributed by atoms with Gasteiger partial charge < -0.3 is 14.9 Å². The molecule has 2 rings (SSSR count). The van der Waals surface area contributed by atoms with E-state index in [4.69, 9.17) is 10.2 Å². The lowest BCUT2D eigenvalue weighted by molar-refractivity contribution is 0.0565. The number of rotatable bonds is 1. The Morgan fingerprint density at radius 2 is 2.31 bits per heavy atom. The molecule has 1 aromatic rings. The van der Waals surface area contributed by atoms with Gasteiger partial charge in [-0.1, -0.05) is 19.1 Å². The Morgan fingerprint density at radius 1 is 1.56 bits per heavy atom. The highest BCUT2D eigenvalue weighted by Gasteiger charge is 2.17. The van der Waals surface area contributed by atoms with Gasteiger partial charge in [-0.25, -0.2) is 4.79 Å². The Morgan fingerprint density at radius 3 is 3.00 bits per heavy atom. The van der Waals surface area contributed by atoms with E-state index >= 15 is 0 Å². The molecule has 0 aromatic carbocycles. The Hall–Kier alpha value is -1.97. The van der Waals surface area contributed by atoms with Crippen LogP contribution in [0.1, 0.15) is 17.5 Å². The number of methoxy groups -OCH3 is 1. The summed E-state index contributed by atoms with van der Waals surface area (Å²) in [5, 5.41) is 0.737. The van der Waals surface area contributed by atoms with E-state index in [9.17, 15) is 4.79 Å². The lowest BCUT2D eigenvalue weighted by Gasteiger charge is -1.95. The van der Waals surface area contributed by atoms with Crippen molar-refractivity contribution in [1.82, 2.24) is 0 Å². The molecule has 0 saturated carbocycles. The molecular weight excluding hydrogens is 206 g/mol. The molecular formula is C12H13NO3. The number of allylic oxidation sites excluding steroid dienone is 2. The zero-order valence-electron chi connectivity index (χ0n) is 9.19. The monoisotopic (exact) mass is 219 g/mol. The van der Waals surface area contributed by atoms with Crippen molar-refractivity contribution in [2.75, 3.05) is 12.8 Å². The summed E-state index contributed by atoms with van der Waals surface area (Å²) in [7, 11) is 1.30. The highest BCUT2D eigenvalue weighted by Crippen LogP contribution is 2.08. The molecule has 0 amide bonds. The van der Waals surface area contributed by atoms with E-state index in [1.54, 1.807) is 0 Å². The second-order valence-corrected chi connectivity index (χ2v) is 3.69. The van der Waals surface area contributed by atoms with Gasteiger partial charge in [-0.3, -0.25) is 0 Å². The fourth-order valence-corrected chi connectivity index (χ4v) is 1.64. The Kier molecular flexibility index (Phi) is 2.56. The molecule has 0 aliphatic heterocycles. The number of fused-ring (bicyclic) bond motifs is 1. The van der Waals surface area contributed by atoms with Crippen LogP contribution in [0.3, 0.4) is 0 Å². The molecule has 4 nitrogen and oxygen atoms in total. The summed E-state index contributed by atoms with van der Waals surface area (Å²) < 4.78 is 10.0. The zero-order valence-corrected chi connectivity index (χ0v) is 9.19. The zero-order chi connectivity index (χ0) is 11.7. The second-order valence-electron chi connectivity index (χ2n) is 3.69. The number of furan rings is 1. The van der Waals surface area contributed by atoms with Crippen molar-refractivity contribution in [3.63, 3.8) is 0 Å². The van der Waals surface area contributed by atoms with Crippen molar-refractivity contribution in [3.05, 3.63) is 28.5 Å². The largest absolute Gasteiger partial charge is 0.463 e. The first-order valence-corrected chi connectivity index (χ1v) is 5.00. The molecule has 1 unspecified atom stereocenters. The van der Waals surface area contributed by atoms with Crippen LogP contribution in [0, 0.1) is 5.92 Å². The number of hydrogen-bond acceptors (Lipinski definition) is 4. The lowest BCUT2D eigenvalue weighted by atomic mass is 10.2. The highest BCUT2D eigenvalue weighted by molar-refractivity contribution is 5.92. The van der Waals surface area contributed by atoms with E-state index in [-0.39, 0.29) is 11.7 Å². The smallest absolute Gasteiger partial charge is 0.376 e. The van der Waals surface area contributed by atoms with Gasteiger partial charge in [0.05, 0.1) is 12.8 Å². The number of carbonyl (C=O) groups excluding carboxylic acids is 1. The maximum Gasteiger partial charge on any atom is 0.376 e. The van der Waals surface area contributed by atoms with Crippen LogP contribution in [0.2, 0.25) is 0 Å². The molecule has 1 heterocycles. The van der Waals surface area contributed by atoms with Gasteiger partial charge in [-0.15, -0.1) is 0 Å². The molecule has 1 aliphatic rings. The van der Waals surface area contributed by atoms with Crippen LogP contribution < -0.4 is 16.4 Å². The molecule has 1 aromatic heterocycles. The second kappa shape index (κ2) is 3.89. The number of anilines is 1. The predicted octanol–water partition coefficient (Wildman–Crippen LogP) is 0.415. The van der Waals surface area contributed by atoms with Gasteiger partial charge in [0, 0.05) is 5.22 Å². The Labute approximate surface area is 92.7 Å². The fourth-order valence-electron chi connectivity index (χ4n) is 1.64. The lowest BCUT2D eigenvalue weighted by Crippen LogP contribution is -2.22. The molecule has 0 bridgehead atoms. The summed E-state index contributed by atoms with van der Waals surface area (Å²) in [5.41, 5.74) is 6.79. The van der Waals surface area contributed by atoms with Gasteiger partial charge in [0.25, 0.3) is 0 Å². The fraction of sp³-hybridized carbons (Fsp3) is 0.250. The van der Waals surface area contributed by atoms with Crippen LogP contribution in [0.4, 0.5) is 5.69 Å². The Balaban J connectivity index is 2.70. The van der Waals surface area contributed by atoms with E-state index in [0.29, 0.717) is 11.1 Å². The summed E-state index contributed by atoms with van der Waals surface area (Å²) in [6.07, 6.45) is 7.67. The van der Waals surface area contributed by atoms with Crippen molar-refractivity contribution in [1.29, 1.82) is 0 Å². The first kappa shape index (κ1) is 10.5. The predicted molar refractivity (Wildman–Crippen MR) is 60.9 cm³/mol. The van der Waals surface area contributed by atoms with Crippen molar-refractivity contribution in [3.8, 4) is 0 Å². The minimum absolute atomic E-state index is 0.0718. The summed E-state index contributed by atoms with van der Waals surface area (Å²) in [5.74, 6) is -0.236. The summed E-state index contributed by atoms with van der Waals surface area (Å²) in [6, 6.07) is 0. The molecule has 16 heavy (non-hydrogen) atoms. The van der Waals surface area contributed by atoms with E-state index < -0.39 is 5.97 Å². The van der Waals surface area contributed by atoms with E-state index in [1.165, 1.54) is 7.11 Å². The van der Waals surface area contributed by atoms with Crippen molar-refractivity contribution < 1.29 is 13.9 Å². The third-order valence-electron chi connectivity index (χ3n) is 2.47. The van der Waals surface area contributed by atoms with Gasteiger partial charge >= 0.3 is 5.97 Å². The maximum atomic E-state index is 11.4. The molecule has 0 fully saturated rings. The third kappa shape index (κ3) is 1.62. The van der Waals surface area contributed by atoms with E-state index in [0.717, 1.165) is 5.22 Å². The van der Waals surface area contributed by atoms with Crippen LogP contribution >= 0.6 is 0 Å². The summed E-state index contributed by atoms with van der Waals surface area (Å²) in [4.78, 5) is 11.4. The van der Waals surface area contributed by atoms with E-state index in [2.05, 4.69) is 4.74 Å². The van der Waals surface area contributed by atoms with Crippen LogP contribution in [0.5, 0.6) is 0 Å². The number of carbonyl (C=O) groups is 1. The first-order chi connectivity index (χ1) is 7.63. The van der Waals surface area contributed by atoms with Crippen LogP contribution in [0.25, 0.3) is 12.2 Å². The van der Waals surface area contributed by atoms with Gasteiger partial charge in [0.15, 0.2) is 0 Å². The molecule has 0 spiro atoms. The minimum Gasteiger partial charge on any atom is -0.463 e. The molecule has 1 atom stereocenters. The van der Waals surface area contributed by atoms with E-state index in [1.807, 2.05) is 31.2 Å². The third-order valence-corrected chi connectivity index (χ3v) is 2.47. The molecule has 0 saturated heterocycles. The molecule has 1 aliphatic carbocycles. The maximum absolute atomic E-state index is 11.4. The highest BCUT2D eigenvalue weighted by atomic mass is 16.5. The SMILES string of the molecule is COC(=O)c1oc2c(c1N)=CC=CC(C)C=2. The number of nitrogen functional groups attached to an aromatic ring is 1. The van der Waals surface area contributed by atoms with Gasteiger partial charge in [0.1, 0.15) is 5.42 Å². The van der Waals surface area contributed by atoms with Crippen LogP contribution in [-0.2, 0) is 4.74 Å².